The minimum Gasteiger partial charge on any atom is -0.381 e. The van der Waals surface area contributed by atoms with Gasteiger partial charge in [0.2, 0.25) is 0 Å². The van der Waals surface area contributed by atoms with Gasteiger partial charge in [0.15, 0.2) is 0 Å². The Morgan fingerprint density at radius 1 is 1.08 bits per heavy atom. The van der Waals surface area contributed by atoms with Crippen LogP contribution in [0.15, 0.2) is 41.5 Å². The number of aryl methyl sites for hydroxylation is 2. The van der Waals surface area contributed by atoms with Crippen LogP contribution in [-0.4, -0.2) is 74.8 Å². The number of benzene rings is 1. The number of carbonyl (C=O) groups is 1. The molecule has 9 nitrogen and oxygen atoms in total. The van der Waals surface area contributed by atoms with Gasteiger partial charge in [-0.15, -0.1) is 0 Å². The van der Waals surface area contributed by atoms with E-state index in [0.717, 1.165) is 60.2 Å². The van der Waals surface area contributed by atoms with Gasteiger partial charge in [-0.05, 0) is 56.0 Å². The summed E-state index contributed by atoms with van der Waals surface area (Å²) in [6, 6.07) is 8.09. The lowest BCUT2D eigenvalue weighted by molar-refractivity contribution is 0.0626. The zero-order chi connectivity index (χ0) is 25.5. The standard InChI is InChI=1S/C28H32N6O3/c1-18-4-3-7-29-25(18)17-32-8-10-33(11-9-32)28(36)21-15-22-24(14-19(21)2)31-27(35)23-16-30-34(26(22)23)20-5-12-37-13-6-20/h3-4,7,14-16,20H,5-6,8-13,17H2,1-2H3,(H,31,35). The zero-order valence-corrected chi connectivity index (χ0v) is 21.4. The third-order valence-electron chi connectivity index (χ3n) is 7.83. The first-order valence-corrected chi connectivity index (χ1v) is 13.0. The van der Waals surface area contributed by atoms with Crippen LogP contribution in [0.4, 0.5) is 0 Å². The number of rotatable bonds is 4. The number of H-pyrrole nitrogens is 1. The number of nitrogens with one attached hydrogen (secondary N) is 1. The quantitative estimate of drug-likeness (QED) is 0.462. The monoisotopic (exact) mass is 500 g/mol. The second-order valence-corrected chi connectivity index (χ2v) is 10.2. The van der Waals surface area contributed by atoms with E-state index in [1.807, 2.05) is 40.9 Å². The number of carbonyl (C=O) groups excluding carboxylic acids is 1. The number of hydrogen-bond acceptors (Lipinski definition) is 6. The maximum Gasteiger partial charge on any atom is 0.259 e. The minimum absolute atomic E-state index is 0.0320. The molecule has 0 bridgehead atoms. The Morgan fingerprint density at radius 2 is 1.86 bits per heavy atom. The van der Waals surface area contributed by atoms with Crippen LogP contribution < -0.4 is 5.56 Å². The van der Waals surface area contributed by atoms with Crippen molar-refractivity contribution in [2.75, 3.05) is 39.4 Å². The third kappa shape index (κ3) is 4.42. The van der Waals surface area contributed by atoms with Crippen molar-refractivity contribution in [3.05, 3.63) is 69.4 Å². The van der Waals surface area contributed by atoms with E-state index in [0.29, 0.717) is 37.3 Å². The second kappa shape index (κ2) is 9.72. The molecule has 0 spiro atoms. The summed E-state index contributed by atoms with van der Waals surface area (Å²) in [5.74, 6) is 0.0320. The molecule has 2 aliphatic rings. The van der Waals surface area contributed by atoms with E-state index in [1.54, 1.807) is 6.20 Å². The number of fused-ring (bicyclic) bond motifs is 3. The Bertz CT molecular complexity index is 1530. The van der Waals surface area contributed by atoms with E-state index in [4.69, 9.17) is 4.74 Å². The molecule has 192 valence electrons. The molecule has 1 aromatic carbocycles. The number of hydrogen-bond donors (Lipinski definition) is 1. The van der Waals surface area contributed by atoms with Crippen LogP contribution in [0.25, 0.3) is 21.8 Å². The summed E-state index contributed by atoms with van der Waals surface area (Å²) in [6.07, 6.45) is 5.19. The molecule has 5 heterocycles. The second-order valence-electron chi connectivity index (χ2n) is 10.2. The van der Waals surface area contributed by atoms with Gasteiger partial charge in [0.05, 0.1) is 34.4 Å². The van der Waals surface area contributed by atoms with Crippen molar-refractivity contribution in [2.24, 2.45) is 0 Å². The highest BCUT2D eigenvalue weighted by molar-refractivity contribution is 6.07. The highest BCUT2D eigenvalue weighted by Gasteiger charge is 2.26. The van der Waals surface area contributed by atoms with E-state index in [2.05, 4.69) is 33.0 Å². The molecule has 2 fully saturated rings. The van der Waals surface area contributed by atoms with Gasteiger partial charge in [0, 0.05) is 63.1 Å². The van der Waals surface area contributed by atoms with Crippen molar-refractivity contribution in [2.45, 2.75) is 39.3 Å². The molecule has 0 aliphatic carbocycles. The number of piperazine rings is 1. The normalized spacial score (nSPS) is 17.6. The number of ether oxygens (including phenoxy) is 1. The number of nitrogens with zero attached hydrogens (tertiary/aromatic N) is 5. The molecule has 0 radical (unpaired) electrons. The van der Waals surface area contributed by atoms with Gasteiger partial charge in [0.1, 0.15) is 0 Å². The Hall–Kier alpha value is -3.56. The summed E-state index contributed by atoms with van der Waals surface area (Å²) in [4.78, 5) is 38.3. The van der Waals surface area contributed by atoms with Crippen molar-refractivity contribution in [3.63, 3.8) is 0 Å². The van der Waals surface area contributed by atoms with Crippen LogP contribution in [0.2, 0.25) is 0 Å². The molecular formula is C28H32N6O3. The highest BCUT2D eigenvalue weighted by atomic mass is 16.5. The van der Waals surface area contributed by atoms with Gasteiger partial charge in [0.25, 0.3) is 11.5 Å². The fourth-order valence-electron chi connectivity index (χ4n) is 5.61. The molecule has 1 N–H and O–H groups in total. The molecular weight excluding hydrogens is 468 g/mol. The number of pyridine rings is 2. The Kier molecular flexibility index (Phi) is 6.26. The van der Waals surface area contributed by atoms with E-state index in [9.17, 15) is 9.59 Å². The Labute approximate surface area is 215 Å². The first-order chi connectivity index (χ1) is 18.0. The largest absolute Gasteiger partial charge is 0.381 e. The van der Waals surface area contributed by atoms with Crippen molar-refractivity contribution < 1.29 is 9.53 Å². The van der Waals surface area contributed by atoms with E-state index in [-0.39, 0.29) is 17.5 Å². The lowest BCUT2D eigenvalue weighted by Crippen LogP contribution is -2.48. The SMILES string of the molecule is Cc1cc2[nH]c(=O)c3cnn(C4CCOCC4)c3c2cc1C(=O)N1CCN(Cc2ncccc2C)CC1. The van der Waals surface area contributed by atoms with Crippen LogP contribution >= 0.6 is 0 Å². The van der Waals surface area contributed by atoms with Crippen LogP contribution in [0.3, 0.4) is 0 Å². The topological polar surface area (TPSA) is 96.3 Å². The average molecular weight is 501 g/mol. The van der Waals surface area contributed by atoms with Crippen molar-refractivity contribution in [1.29, 1.82) is 0 Å². The van der Waals surface area contributed by atoms with Crippen molar-refractivity contribution in [1.82, 2.24) is 29.5 Å². The lowest BCUT2D eigenvalue weighted by Gasteiger charge is -2.35. The molecule has 9 heteroatoms. The predicted octanol–water partition coefficient (Wildman–Crippen LogP) is 3.20. The minimum atomic E-state index is -0.154. The molecule has 2 saturated heterocycles. The molecule has 0 unspecified atom stereocenters. The number of aromatic amines is 1. The Morgan fingerprint density at radius 3 is 2.62 bits per heavy atom. The fourth-order valence-corrected chi connectivity index (χ4v) is 5.61. The maximum absolute atomic E-state index is 13.7. The van der Waals surface area contributed by atoms with Crippen LogP contribution in [0, 0.1) is 13.8 Å². The summed E-state index contributed by atoms with van der Waals surface area (Å²) >= 11 is 0. The molecule has 2 aliphatic heterocycles. The molecule has 3 aromatic heterocycles. The van der Waals surface area contributed by atoms with Gasteiger partial charge < -0.3 is 14.6 Å². The molecule has 4 aromatic rings. The fraction of sp³-hybridized carbons (Fsp3) is 0.429. The number of amides is 1. The molecule has 1 amide bonds. The molecule has 37 heavy (non-hydrogen) atoms. The van der Waals surface area contributed by atoms with Crippen LogP contribution in [0.1, 0.15) is 46.1 Å². The van der Waals surface area contributed by atoms with Crippen molar-refractivity contribution in [3.8, 4) is 0 Å². The zero-order valence-electron chi connectivity index (χ0n) is 21.4. The first-order valence-electron chi connectivity index (χ1n) is 13.0. The van der Waals surface area contributed by atoms with E-state index >= 15 is 0 Å². The van der Waals surface area contributed by atoms with Gasteiger partial charge in [-0.2, -0.15) is 5.10 Å². The molecule has 0 saturated carbocycles. The summed E-state index contributed by atoms with van der Waals surface area (Å²) in [5, 5.41) is 6.01. The van der Waals surface area contributed by atoms with Crippen LogP contribution in [-0.2, 0) is 11.3 Å². The maximum atomic E-state index is 13.7. The van der Waals surface area contributed by atoms with Gasteiger partial charge in [-0.1, -0.05) is 6.07 Å². The highest BCUT2D eigenvalue weighted by Crippen LogP contribution is 2.30. The van der Waals surface area contributed by atoms with Crippen molar-refractivity contribution >= 4 is 27.7 Å². The van der Waals surface area contributed by atoms with E-state index in [1.165, 1.54) is 5.56 Å². The summed E-state index contributed by atoms with van der Waals surface area (Å²) < 4.78 is 7.50. The summed E-state index contributed by atoms with van der Waals surface area (Å²) in [6.45, 7) is 9.14. The van der Waals surface area contributed by atoms with Gasteiger partial charge in [-0.3, -0.25) is 24.2 Å². The van der Waals surface area contributed by atoms with Gasteiger partial charge >= 0.3 is 0 Å². The summed E-state index contributed by atoms with van der Waals surface area (Å²) in [7, 11) is 0. The third-order valence-corrected chi connectivity index (χ3v) is 7.83. The number of aromatic nitrogens is 4. The average Bonchev–Trinajstić information content (AvgIpc) is 3.37. The van der Waals surface area contributed by atoms with E-state index < -0.39 is 0 Å². The van der Waals surface area contributed by atoms with Gasteiger partial charge in [-0.25, -0.2) is 0 Å². The van der Waals surface area contributed by atoms with Crippen LogP contribution in [0.5, 0.6) is 0 Å². The molecule has 0 atom stereocenters. The predicted molar refractivity (Wildman–Crippen MR) is 142 cm³/mol. The summed E-state index contributed by atoms with van der Waals surface area (Å²) in [5.41, 5.74) is 5.19. The first kappa shape index (κ1) is 23.8. The Balaban J connectivity index is 1.29. The molecule has 6 rings (SSSR count). The lowest BCUT2D eigenvalue weighted by atomic mass is 10.0. The smallest absolute Gasteiger partial charge is 0.259 e.